The molecule has 0 unspecified atom stereocenters. The van der Waals surface area contributed by atoms with Gasteiger partial charge in [0.25, 0.3) is 0 Å². The van der Waals surface area contributed by atoms with Crippen molar-refractivity contribution in [2.45, 2.75) is 13.0 Å². The van der Waals surface area contributed by atoms with Crippen LogP contribution in [-0.2, 0) is 11.3 Å². The summed E-state index contributed by atoms with van der Waals surface area (Å²) in [7, 11) is 0. The van der Waals surface area contributed by atoms with Crippen molar-refractivity contribution in [3.63, 3.8) is 0 Å². The molecule has 0 aliphatic rings. The van der Waals surface area contributed by atoms with E-state index in [1.807, 2.05) is 12.1 Å². The van der Waals surface area contributed by atoms with Crippen molar-refractivity contribution in [3.05, 3.63) is 60.2 Å². The molecule has 0 saturated carbocycles. The lowest BCUT2D eigenvalue weighted by molar-refractivity contribution is 0.120. The Hall–Kier alpha value is -1.64. The van der Waals surface area contributed by atoms with Crippen LogP contribution >= 0.6 is 0 Å². The van der Waals surface area contributed by atoms with Crippen LogP contribution in [0.1, 0.15) is 12.0 Å². The smallest absolute Gasteiger partial charge is 0.0722 e. The number of ether oxygens (including phenoxy) is 1. The minimum atomic E-state index is 0.644. The van der Waals surface area contributed by atoms with Crippen LogP contribution in [0.4, 0.5) is 0 Å². The Morgan fingerprint density at radius 2 is 1.61 bits per heavy atom. The second-order valence-electron chi connectivity index (χ2n) is 4.22. The number of benzene rings is 2. The highest BCUT2D eigenvalue weighted by molar-refractivity contribution is 5.66. The molecule has 0 aliphatic carbocycles. The highest BCUT2D eigenvalue weighted by Gasteiger charge is 2.03. The maximum atomic E-state index is 5.64. The summed E-state index contributed by atoms with van der Waals surface area (Å²) >= 11 is 0. The van der Waals surface area contributed by atoms with E-state index in [0.29, 0.717) is 13.2 Å². The van der Waals surface area contributed by atoms with E-state index in [1.54, 1.807) is 0 Å². The second-order valence-corrected chi connectivity index (χ2v) is 4.22. The van der Waals surface area contributed by atoms with Gasteiger partial charge in [-0.15, -0.1) is 0 Å². The first-order valence-electron chi connectivity index (χ1n) is 6.33. The van der Waals surface area contributed by atoms with Crippen LogP contribution in [0.2, 0.25) is 0 Å². The van der Waals surface area contributed by atoms with Gasteiger partial charge >= 0.3 is 0 Å². The van der Waals surface area contributed by atoms with Gasteiger partial charge in [-0.1, -0.05) is 54.6 Å². The third kappa shape index (κ3) is 3.42. The molecule has 2 heteroatoms. The Kier molecular flexibility index (Phi) is 4.94. The molecule has 0 saturated heterocycles. The molecule has 2 nitrogen and oxygen atoms in total. The maximum Gasteiger partial charge on any atom is 0.0722 e. The highest BCUT2D eigenvalue weighted by atomic mass is 16.5. The van der Waals surface area contributed by atoms with Crippen LogP contribution in [0.3, 0.4) is 0 Å². The van der Waals surface area contributed by atoms with E-state index in [4.69, 9.17) is 10.5 Å². The summed E-state index contributed by atoms with van der Waals surface area (Å²) in [4.78, 5) is 0. The standard InChI is InChI=1S/C16H19NO/c17-11-6-12-18-13-15-9-4-5-10-16(15)14-7-2-1-3-8-14/h1-5,7-10H,6,11-13,17H2. The van der Waals surface area contributed by atoms with Crippen molar-refractivity contribution < 1.29 is 4.74 Å². The molecule has 0 fully saturated rings. The van der Waals surface area contributed by atoms with Crippen molar-refractivity contribution in [1.82, 2.24) is 0 Å². The molecule has 0 spiro atoms. The van der Waals surface area contributed by atoms with Gasteiger partial charge in [0.05, 0.1) is 6.61 Å². The Balaban J connectivity index is 2.11. The molecular formula is C16H19NO. The molecule has 0 aliphatic heterocycles. The van der Waals surface area contributed by atoms with E-state index in [9.17, 15) is 0 Å². The predicted molar refractivity (Wildman–Crippen MR) is 75.2 cm³/mol. The number of hydrogen-bond donors (Lipinski definition) is 1. The van der Waals surface area contributed by atoms with Crippen LogP contribution in [-0.4, -0.2) is 13.2 Å². The molecule has 2 aromatic carbocycles. The molecule has 94 valence electrons. The van der Waals surface area contributed by atoms with E-state index in [1.165, 1.54) is 16.7 Å². The van der Waals surface area contributed by atoms with Gasteiger partial charge in [-0.3, -0.25) is 0 Å². The van der Waals surface area contributed by atoms with E-state index in [2.05, 4.69) is 42.5 Å². The first-order valence-corrected chi connectivity index (χ1v) is 6.33. The topological polar surface area (TPSA) is 35.2 Å². The zero-order chi connectivity index (χ0) is 12.6. The summed E-state index contributed by atoms with van der Waals surface area (Å²) in [5.74, 6) is 0. The van der Waals surface area contributed by atoms with E-state index in [0.717, 1.165) is 13.0 Å². The normalized spacial score (nSPS) is 10.5. The summed E-state index contributed by atoms with van der Waals surface area (Å²) in [6, 6.07) is 18.8. The summed E-state index contributed by atoms with van der Waals surface area (Å²) in [6.45, 7) is 2.05. The molecule has 0 radical (unpaired) electrons. The first-order chi connectivity index (χ1) is 8.92. The minimum absolute atomic E-state index is 0.644. The van der Waals surface area contributed by atoms with Gasteiger partial charge in [-0.25, -0.2) is 0 Å². The summed E-state index contributed by atoms with van der Waals surface area (Å²) < 4.78 is 5.64. The summed E-state index contributed by atoms with van der Waals surface area (Å²) in [5, 5.41) is 0. The molecule has 2 rings (SSSR count). The molecule has 0 amide bonds. The van der Waals surface area contributed by atoms with Gasteiger partial charge in [0.1, 0.15) is 0 Å². The monoisotopic (exact) mass is 241 g/mol. The largest absolute Gasteiger partial charge is 0.377 e. The fourth-order valence-electron chi connectivity index (χ4n) is 1.91. The van der Waals surface area contributed by atoms with Crippen LogP contribution in [0, 0.1) is 0 Å². The molecule has 2 N–H and O–H groups in total. The quantitative estimate of drug-likeness (QED) is 0.788. The molecule has 0 bridgehead atoms. The Morgan fingerprint density at radius 1 is 0.889 bits per heavy atom. The predicted octanol–water partition coefficient (Wildman–Crippen LogP) is 3.22. The van der Waals surface area contributed by atoms with Crippen molar-refractivity contribution in [1.29, 1.82) is 0 Å². The second kappa shape index (κ2) is 6.94. The maximum absolute atomic E-state index is 5.64. The molecule has 0 aromatic heterocycles. The Labute approximate surface area is 108 Å². The van der Waals surface area contributed by atoms with Crippen molar-refractivity contribution in [3.8, 4) is 11.1 Å². The molecule has 18 heavy (non-hydrogen) atoms. The third-order valence-electron chi connectivity index (χ3n) is 2.85. The van der Waals surface area contributed by atoms with Crippen molar-refractivity contribution in [2.24, 2.45) is 5.73 Å². The van der Waals surface area contributed by atoms with Crippen LogP contribution in [0.5, 0.6) is 0 Å². The number of hydrogen-bond acceptors (Lipinski definition) is 2. The Bertz CT molecular complexity index is 468. The van der Waals surface area contributed by atoms with Gasteiger partial charge in [0.2, 0.25) is 0 Å². The zero-order valence-corrected chi connectivity index (χ0v) is 10.5. The molecule has 0 atom stereocenters. The molecular weight excluding hydrogens is 222 g/mol. The lowest BCUT2D eigenvalue weighted by atomic mass is 10.0. The van der Waals surface area contributed by atoms with Crippen molar-refractivity contribution in [2.75, 3.05) is 13.2 Å². The average molecular weight is 241 g/mol. The van der Waals surface area contributed by atoms with E-state index in [-0.39, 0.29) is 0 Å². The number of rotatable bonds is 6. The van der Waals surface area contributed by atoms with Gasteiger partial charge in [0.15, 0.2) is 0 Å². The van der Waals surface area contributed by atoms with Crippen molar-refractivity contribution >= 4 is 0 Å². The van der Waals surface area contributed by atoms with Crippen LogP contribution < -0.4 is 5.73 Å². The van der Waals surface area contributed by atoms with Gasteiger partial charge in [-0.05, 0) is 29.7 Å². The number of nitrogens with two attached hydrogens (primary N) is 1. The lowest BCUT2D eigenvalue weighted by Gasteiger charge is -2.10. The first kappa shape index (κ1) is 12.8. The SMILES string of the molecule is NCCCOCc1ccccc1-c1ccccc1. The average Bonchev–Trinajstić information content (AvgIpc) is 2.45. The van der Waals surface area contributed by atoms with Gasteiger partial charge < -0.3 is 10.5 Å². The molecule has 0 heterocycles. The fraction of sp³-hybridized carbons (Fsp3) is 0.250. The van der Waals surface area contributed by atoms with E-state index >= 15 is 0 Å². The van der Waals surface area contributed by atoms with Gasteiger partial charge in [0, 0.05) is 6.61 Å². The lowest BCUT2D eigenvalue weighted by Crippen LogP contribution is -2.04. The highest BCUT2D eigenvalue weighted by Crippen LogP contribution is 2.23. The van der Waals surface area contributed by atoms with Gasteiger partial charge in [-0.2, -0.15) is 0 Å². The van der Waals surface area contributed by atoms with Crippen LogP contribution in [0.25, 0.3) is 11.1 Å². The summed E-state index contributed by atoms with van der Waals surface area (Å²) in [6.07, 6.45) is 0.910. The third-order valence-corrected chi connectivity index (χ3v) is 2.85. The minimum Gasteiger partial charge on any atom is -0.377 e. The van der Waals surface area contributed by atoms with E-state index < -0.39 is 0 Å². The van der Waals surface area contributed by atoms with Crippen LogP contribution in [0.15, 0.2) is 54.6 Å². The Morgan fingerprint density at radius 3 is 2.39 bits per heavy atom. The zero-order valence-electron chi connectivity index (χ0n) is 10.5. The fourth-order valence-corrected chi connectivity index (χ4v) is 1.91. The molecule has 2 aromatic rings. The summed E-state index contributed by atoms with van der Waals surface area (Å²) in [5.41, 5.74) is 9.15.